The van der Waals surface area contributed by atoms with Crippen LogP contribution in [-0.4, -0.2) is 20.7 Å². The number of hydrogen-bond acceptors (Lipinski definition) is 2. The zero-order chi connectivity index (χ0) is 13.5. The van der Waals surface area contributed by atoms with Gasteiger partial charge in [-0.15, -0.1) is 0 Å². The normalized spacial score (nSPS) is 11.6. The monoisotopic (exact) mass is 256 g/mol. The molecule has 100 valence electrons. The summed E-state index contributed by atoms with van der Waals surface area (Å²) in [6.45, 7) is 15.3. The predicted octanol–water partition coefficient (Wildman–Crippen LogP) is 4.25. The first-order valence-corrected chi connectivity index (χ1v) is 9.98. The van der Waals surface area contributed by atoms with Crippen LogP contribution in [0.1, 0.15) is 33.6 Å². The molecule has 0 aromatic carbocycles. The third-order valence-corrected chi connectivity index (χ3v) is 6.42. The highest BCUT2D eigenvalue weighted by atomic mass is 28.3. The van der Waals surface area contributed by atoms with Gasteiger partial charge >= 0.3 is 5.97 Å². The Hall–Kier alpha value is -0.573. The van der Waals surface area contributed by atoms with E-state index in [9.17, 15) is 4.79 Å². The van der Waals surface area contributed by atoms with Gasteiger partial charge in [0.05, 0.1) is 6.61 Å². The van der Waals surface area contributed by atoms with Gasteiger partial charge in [-0.05, 0) is 19.3 Å². The summed E-state index contributed by atoms with van der Waals surface area (Å²) in [7, 11) is -1.02. The Bertz CT molecular complexity index is 257. The molecule has 0 aliphatic rings. The lowest BCUT2D eigenvalue weighted by atomic mass is 10.3. The van der Waals surface area contributed by atoms with Gasteiger partial charge in [0.2, 0.25) is 0 Å². The summed E-state index contributed by atoms with van der Waals surface area (Å²) < 4.78 is 5.08. The molecule has 0 radical (unpaired) electrons. The van der Waals surface area contributed by atoms with Gasteiger partial charge in [0, 0.05) is 13.6 Å². The Balaban J connectivity index is 3.64. The number of carbonyl (C=O) groups excluding carboxylic acids is 1. The van der Waals surface area contributed by atoms with Crippen LogP contribution in [0.25, 0.3) is 0 Å². The van der Waals surface area contributed by atoms with Gasteiger partial charge in [-0.2, -0.15) is 0 Å². The Morgan fingerprint density at radius 2 is 1.88 bits per heavy atom. The summed E-state index contributed by atoms with van der Waals surface area (Å²) >= 11 is 0. The van der Waals surface area contributed by atoms with E-state index in [1.807, 2.05) is 0 Å². The van der Waals surface area contributed by atoms with E-state index in [2.05, 4.69) is 33.5 Å². The van der Waals surface area contributed by atoms with E-state index in [0.717, 1.165) is 12.3 Å². The zero-order valence-electron chi connectivity index (χ0n) is 12.1. The second-order valence-corrected chi connectivity index (χ2v) is 11.4. The van der Waals surface area contributed by atoms with Crippen molar-refractivity contribution in [3.05, 3.63) is 12.2 Å². The highest BCUT2D eigenvalue weighted by Gasteiger charge is 2.21. The van der Waals surface area contributed by atoms with Crippen LogP contribution >= 0.6 is 0 Å². The standard InChI is InChI=1S/C14H28O2Si/c1-12(2)11-17(5,6)10-8-7-9-16-14(15)13(3)4/h12H,3,7-11H2,1-2,4-6H3. The molecule has 0 amide bonds. The molecular weight excluding hydrogens is 228 g/mol. The van der Waals surface area contributed by atoms with Crippen molar-refractivity contribution in [2.75, 3.05) is 6.61 Å². The lowest BCUT2D eigenvalue weighted by Gasteiger charge is -2.24. The van der Waals surface area contributed by atoms with Crippen molar-refractivity contribution in [3.63, 3.8) is 0 Å². The third kappa shape index (κ3) is 9.16. The lowest BCUT2D eigenvalue weighted by Crippen LogP contribution is -2.26. The smallest absolute Gasteiger partial charge is 0.333 e. The van der Waals surface area contributed by atoms with Crippen LogP contribution in [0.3, 0.4) is 0 Å². The Labute approximate surface area is 107 Å². The minimum Gasteiger partial charge on any atom is -0.462 e. The average Bonchev–Trinajstić information content (AvgIpc) is 2.14. The van der Waals surface area contributed by atoms with E-state index in [1.165, 1.54) is 18.5 Å². The van der Waals surface area contributed by atoms with E-state index >= 15 is 0 Å². The molecule has 0 saturated heterocycles. The van der Waals surface area contributed by atoms with Crippen LogP contribution in [0.5, 0.6) is 0 Å². The van der Waals surface area contributed by atoms with E-state index < -0.39 is 8.07 Å². The molecule has 3 heteroatoms. The van der Waals surface area contributed by atoms with Crippen LogP contribution in [0, 0.1) is 5.92 Å². The first-order valence-electron chi connectivity index (χ1n) is 6.57. The predicted molar refractivity (Wildman–Crippen MR) is 76.9 cm³/mol. The van der Waals surface area contributed by atoms with Gasteiger partial charge in [0.25, 0.3) is 0 Å². The molecule has 0 aliphatic heterocycles. The maximum Gasteiger partial charge on any atom is 0.333 e. The Morgan fingerprint density at radius 3 is 2.35 bits per heavy atom. The second kappa shape index (κ2) is 7.70. The van der Waals surface area contributed by atoms with Crippen LogP contribution < -0.4 is 0 Å². The largest absolute Gasteiger partial charge is 0.462 e. The quantitative estimate of drug-likeness (QED) is 0.281. The molecule has 0 rings (SSSR count). The number of esters is 1. The van der Waals surface area contributed by atoms with Gasteiger partial charge in [-0.1, -0.05) is 52.0 Å². The summed E-state index contributed by atoms with van der Waals surface area (Å²) in [6, 6.07) is 2.72. The fourth-order valence-corrected chi connectivity index (χ4v) is 5.82. The van der Waals surface area contributed by atoms with Crippen molar-refractivity contribution in [3.8, 4) is 0 Å². The first kappa shape index (κ1) is 16.4. The highest BCUT2D eigenvalue weighted by Crippen LogP contribution is 2.23. The van der Waals surface area contributed by atoms with Crippen LogP contribution in [0.2, 0.25) is 25.2 Å². The van der Waals surface area contributed by atoms with E-state index in [-0.39, 0.29) is 5.97 Å². The fraction of sp³-hybridized carbons (Fsp3) is 0.786. The fourth-order valence-electron chi connectivity index (χ4n) is 2.20. The molecule has 0 bridgehead atoms. The van der Waals surface area contributed by atoms with Gasteiger partial charge in [0.15, 0.2) is 0 Å². The van der Waals surface area contributed by atoms with Crippen molar-refractivity contribution < 1.29 is 9.53 Å². The Morgan fingerprint density at radius 1 is 1.29 bits per heavy atom. The third-order valence-electron chi connectivity index (χ3n) is 2.79. The van der Waals surface area contributed by atoms with Crippen LogP contribution in [-0.2, 0) is 9.53 Å². The molecule has 0 fully saturated rings. The van der Waals surface area contributed by atoms with E-state index in [4.69, 9.17) is 4.74 Å². The van der Waals surface area contributed by atoms with Crippen LogP contribution in [0.15, 0.2) is 12.2 Å². The molecule has 0 unspecified atom stereocenters. The number of rotatable bonds is 8. The summed E-state index contributed by atoms with van der Waals surface area (Å²) in [4.78, 5) is 11.1. The zero-order valence-corrected chi connectivity index (χ0v) is 13.1. The first-order chi connectivity index (χ1) is 7.74. The molecule has 0 spiro atoms. The molecule has 2 nitrogen and oxygen atoms in total. The van der Waals surface area contributed by atoms with Crippen molar-refractivity contribution in [1.29, 1.82) is 0 Å². The summed E-state index contributed by atoms with van der Waals surface area (Å²) in [5.41, 5.74) is 0.486. The van der Waals surface area contributed by atoms with Crippen molar-refractivity contribution in [2.45, 2.75) is 58.8 Å². The molecule has 0 saturated carbocycles. The minimum absolute atomic E-state index is 0.260. The SMILES string of the molecule is C=C(C)C(=O)OCCCC[Si](C)(C)CC(C)C. The Kier molecular flexibility index (Phi) is 7.44. The summed E-state index contributed by atoms with van der Waals surface area (Å²) in [5, 5.41) is 0. The van der Waals surface area contributed by atoms with Gasteiger partial charge < -0.3 is 4.74 Å². The molecule has 0 atom stereocenters. The molecule has 0 aliphatic carbocycles. The number of unbranched alkanes of at least 4 members (excludes halogenated alkanes) is 1. The highest BCUT2D eigenvalue weighted by molar-refractivity contribution is 6.77. The maximum absolute atomic E-state index is 11.1. The van der Waals surface area contributed by atoms with Gasteiger partial charge in [0.1, 0.15) is 0 Å². The van der Waals surface area contributed by atoms with E-state index in [0.29, 0.717) is 12.2 Å². The molecule has 17 heavy (non-hydrogen) atoms. The van der Waals surface area contributed by atoms with Gasteiger partial charge in [-0.3, -0.25) is 0 Å². The van der Waals surface area contributed by atoms with Crippen LogP contribution in [0.4, 0.5) is 0 Å². The number of hydrogen-bond donors (Lipinski definition) is 0. The summed E-state index contributed by atoms with van der Waals surface area (Å²) in [5.74, 6) is 0.543. The average molecular weight is 256 g/mol. The van der Waals surface area contributed by atoms with Crippen molar-refractivity contribution >= 4 is 14.0 Å². The number of ether oxygens (including phenoxy) is 1. The molecular formula is C14H28O2Si. The molecule has 0 heterocycles. The topological polar surface area (TPSA) is 26.3 Å². The number of carbonyl (C=O) groups is 1. The maximum atomic E-state index is 11.1. The molecule has 0 aromatic heterocycles. The minimum atomic E-state index is -1.02. The molecule has 0 N–H and O–H groups in total. The second-order valence-electron chi connectivity index (χ2n) is 6.14. The summed E-state index contributed by atoms with van der Waals surface area (Å²) in [6.07, 6.45) is 2.16. The molecule has 0 aromatic rings. The van der Waals surface area contributed by atoms with Crippen molar-refractivity contribution in [2.24, 2.45) is 5.92 Å². The van der Waals surface area contributed by atoms with E-state index in [1.54, 1.807) is 6.92 Å². The lowest BCUT2D eigenvalue weighted by molar-refractivity contribution is -0.139. The van der Waals surface area contributed by atoms with Crippen molar-refractivity contribution in [1.82, 2.24) is 0 Å². The van der Waals surface area contributed by atoms with Gasteiger partial charge in [-0.25, -0.2) is 4.79 Å².